The Hall–Kier alpha value is -3.80. The topological polar surface area (TPSA) is 81.0 Å². The fourth-order valence-electron chi connectivity index (χ4n) is 2.64. The summed E-state index contributed by atoms with van der Waals surface area (Å²) in [7, 11) is 1.62. The van der Waals surface area contributed by atoms with Gasteiger partial charge in [0.25, 0.3) is 0 Å². The lowest BCUT2D eigenvalue weighted by atomic mass is 10.1. The Morgan fingerprint density at radius 3 is 2.15 bits per heavy atom. The van der Waals surface area contributed by atoms with Gasteiger partial charge < -0.3 is 9.84 Å². The van der Waals surface area contributed by atoms with E-state index in [9.17, 15) is 5.11 Å². The molecule has 6 heteroatoms. The van der Waals surface area contributed by atoms with Crippen LogP contribution in [-0.2, 0) is 0 Å². The Bertz CT molecular complexity index is 1070. The van der Waals surface area contributed by atoms with Crippen LogP contribution in [0.15, 0.2) is 72.9 Å². The molecule has 1 N–H and O–H groups in total. The van der Waals surface area contributed by atoms with E-state index in [0.717, 1.165) is 11.3 Å². The molecule has 0 amide bonds. The van der Waals surface area contributed by atoms with E-state index in [1.807, 2.05) is 48.5 Å². The summed E-state index contributed by atoms with van der Waals surface area (Å²) < 4.78 is 5.21. The highest BCUT2D eigenvalue weighted by atomic mass is 16.5. The largest absolute Gasteiger partial charge is 0.507 e. The van der Waals surface area contributed by atoms with Gasteiger partial charge in [0.05, 0.1) is 12.7 Å². The average molecular weight is 356 g/mol. The van der Waals surface area contributed by atoms with E-state index in [1.165, 1.54) is 0 Å². The highest BCUT2D eigenvalue weighted by Gasteiger charge is 2.14. The second-order valence-corrected chi connectivity index (χ2v) is 5.77. The molecule has 0 aliphatic rings. The van der Waals surface area contributed by atoms with Gasteiger partial charge in [-0.25, -0.2) is 15.0 Å². The molecule has 2 heterocycles. The summed E-state index contributed by atoms with van der Waals surface area (Å²) in [6.07, 6.45) is 1.69. The first-order valence-corrected chi connectivity index (χ1v) is 8.35. The molecule has 0 unspecified atom stereocenters. The molecule has 27 heavy (non-hydrogen) atoms. The van der Waals surface area contributed by atoms with Crippen LogP contribution in [-0.4, -0.2) is 32.2 Å². The van der Waals surface area contributed by atoms with Gasteiger partial charge in [-0.3, -0.25) is 4.98 Å². The molecular formula is C21H16N4O2. The number of pyridine rings is 1. The Labute approximate surface area is 156 Å². The van der Waals surface area contributed by atoms with Gasteiger partial charge in [-0.15, -0.1) is 0 Å². The summed E-state index contributed by atoms with van der Waals surface area (Å²) >= 11 is 0. The van der Waals surface area contributed by atoms with Crippen LogP contribution in [0.25, 0.3) is 34.3 Å². The van der Waals surface area contributed by atoms with Crippen molar-refractivity contribution in [3.63, 3.8) is 0 Å². The number of hydrogen-bond donors (Lipinski definition) is 1. The number of para-hydroxylation sites is 1. The summed E-state index contributed by atoms with van der Waals surface area (Å²) in [6, 6.07) is 19.9. The summed E-state index contributed by atoms with van der Waals surface area (Å²) in [5.41, 5.74) is 1.98. The van der Waals surface area contributed by atoms with Crippen molar-refractivity contribution in [2.75, 3.05) is 7.11 Å². The predicted octanol–water partition coefficient (Wildman–Crippen LogP) is 3.98. The molecule has 4 rings (SSSR count). The zero-order valence-corrected chi connectivity index (χ0v) is 14.6. The van der Waals surface area contributed by atoms with E-state index < -0.39 is 0 Å². The zero-order chi connectivity index (χ0) is 18.6. The van der Waals surface area contributed by atoms with Gasteiger partial charge in [0.1, 0.15) is 17.2 Å². The number of rotatable bonds is 4. The van der Waals surface area contributed by atoms with Crippen LogP contribution in [0.4, 0.5) is 0 Å². The van der Waals surface area contributed by atoms with E-state index in [0.29, 0.717) is 28.7 Å². The van der Waals surface area contributed by atoms with E-state index in [1.54, 1.807) is 31.5 Å². The van der Waals surface area contributed by atoms with Crippen molar-refractivity contribution < 1.29 is 9.84 Å². The second-order valence-electron chi connectivity index (χ2n) is 5.77. The molecule has 0 saturated heterocycles. The molecular weight excluding hydrogens is 340 g/mol. The molecule has 0 fully saturated rings. The first-order valence-electron chi connectivity index (χ1n) is 8.35. The maximum atomic E-state index is 10.2. The van der Waals surface area contributed by atoms with Crippen LogP contribution in [0, 0.1) is 0 Å². The van der Waals surface area contributed by atoms with Crippen LogP contribution >= 0.6 is 0 Å². The van der Waals surface area contributed by atoms with Gasteiger partial charge in [-0.2, -0.15) is 0 Å². The molecule has 2 aromatic heterocycles. The quantitative estimate of drug-likeness (QED) is 0.596. The number of benzene rings is 2. The molecule has 0 saturated carbocycles. The summed E-state index contributed by atoms with van der Waals surface area (Å²) in [5, 5.41) is 10.2. The Morgan fingerprint density at radius 2 is 1.44 bits per heavy atom. The fourth-order valence-corrected chi connectivity index (χ4v) is 2.64. The van der Waals surface area contributed by atoms with Crippen LogP contribution < -0.4 is 4.74 Å². The molecule has 0 aliphatic carbocycles. The molecule has 0 bridgehead atoms. The number of hydrogen-bond acceptors (Lipinski definition) is 6. The van der Waals surface area contributed by atoms with Crippen molar-refractivity contribution in [1.29, 1.82) is 0 Å². The van der Waals surface area contributed by atoms with Crippen LogP contribution in [0.3, 0.4) is 0 Å². The molecule has 132 valence electrons. The highest BCUT2D eigenvalue weighted by Crippen LogP contribution is 2.29. The van der Waals surface area contributed by atoms with E-state index in [4.69, 9.17) is 4.74 Å². The zero-order valence-electron chi connectivity index (χ0n) is 14.6. The molecule has 0 radical (unpaired) electrons. The standard InChI is InChI=1S/C21H16N4O2/c1-27-15-11-9-14(10-12-15)19-23-20(16-6-2-3-8-18(16)26)25-21(24-19)17-7-4-5-13-22-17/h2-13,26H,1H3. The average Bonchev–Trinajstić information content (AvgIpc) is 2.74. The molecule has 6 nitrogen and oxygen atoms in total. The molecule has 0 atom stereocenters. The van der Waals surface area contributed by atoms with Crippen molar-refractivity contribution in [3.8, 4) is 45.8 Å². The number of aromatic nitrogens is 4. The monoisotopic (exact) mass is 356 g/mol. The van der Waals surface area contributed by atoms with Crippen molar-refractivity contribution in [2.45, 2.75) is 0 Å². The molecule has 0 aliphatic heterocycles. The fraction of sp³-hybridized carbons (Fsp3) is 0.0476. The number of nitrogens with zero attached hydrogens (tertiary/aromatic N) is 4. The SMILES string of the molecule is COc1ccc(-c2nc(-c3ccccn3)nc(-c3ccccc3O)n2)cc1. The molecule has 0 spiro atoms. The number of phenolic OH excluding ortho intramolecular Hbond substituents is 1. The summed E-state index contributed by atoms with van der Waals surface area (Å²) in [5.74, 6) is 2.17. The van der Waals surface area contributed by atoms with E-state index >= 15 is 0 Å². The maximum Gasteiger partial charge on any atom is 0.182 e. The lowest BCUT2D eigenvalue weighted by Gasteiger charge is -2.09. The Balaban J connectivity index is 1.90. The third kappa shape index (κ3) is 3.46. The highest BCUT2D eigenvalue weighted by molar-refractivity contribution is 5.68. The molecule has 4 aromatic rings. The molecule has 2 aromatic carbocycles. The van der Waals surface area contributed by atoms with Gasteiger partial charge in [0.15, 0.2) is 17.5 Å². The van der Waals surface area contributed by atoms with Crippen molar-refractivity contribution >= 4 is 0 Å². The van der Waals surface area contributed by atoms with Gasteiger partial charge >= 0.3 is 0 Å². The van der Waals surface area contributed by atoms with Gasteiger partial charge in [0, 0.05) is 11.8 Å². The predicted molar refractivity (Wildman–Crippen MR) is 102 cm³/mol. The number of phenols is 1. The Morgan fingerprint density at radius 1 is 0.741 bits per heavy atom. The normalized spacial score (nSPS) is 10.6. The van der Waals surface area contributed by atoms with Gasteiger partial charge in [-0.05, 0) is 48.5 Å². The van der Waals surface area contributed by atoms with E-state index in [2.05, 4.69) is 19.9 Å². The smallest absolute Gasteiger partial charge is 0.182 e. The lowest BCUT2D eigenvalue weighted by Crippen LogP contribution is -2.01. The first-order chi connectivity index (χ1) is 13.2. The third-order valence-electron chi connectivity index (χ3n) is 4.02. The number of aromatic hydroxyl groups is 1. The van der Waals surface area contributed by atoms with Crippen molar-refractivity contribution in [1.82, 2.24) is 19.9 Å². The Kier molecular flexibility index (Phi) is 4.45. The minimum absolute atomic E-state index is 0.108. The third-order valence-corrected chi connectivity index (χ3v) is 4.02. The second kappa shape index (κ2) is 7.21. The van der Waals surface area contributed by atoms with Crippen LogP contribution in [0.5, 0.6) is 11.5 Å². The summed E-state index contributed by atoms with van der Waals surface area (Å²) in [6.45, 7) is 0. The lowest BCUT2D eigenvalue weighted by molar-refractivity contribution is 0.415. The minimum Gasteiger partial charge on any atom is -0.507 e. The summed E-state index contributed by atoms with van der Waals surface area (Å²) in [4.78, 5) is 18.0. The van der Waals surface area contributed by atoms with Gasteiger partial charge in [-0.1, -0.05) is 18.2 Å². The number of ether oxygens (including phenoxy) is 1. The van der Waals surface area contributed by atoms with Crippen molar-refractivity contribution in [2.24, 2.45) is 0 Å². The van der Waals surface area contributed by atoms with Crippen LogP contribution in [0.2, 0.25) is 0 Å². The first kappa shape index (κ1) is 16.7. The van der Waals surface area contributed by atoms with Crippen LogP contribution in [0.1, 0.15) is 0 Å². The number of methoxy groups -OCH3 is 1. The van der Waals surface area contributed by atoms with E-state index in [-0.39, 0.29) is 5.75 Å². The van der Waals surface area contributed by atoms with Gasteiger partial charge in [0.2, 0.25) is 0 Å². The maximum absolute atomic E-state index is 10.2. The van der Waals surface area contributed by atoms with Crippen molar-refractivity contribution in [3.05, 3.63) is 72.9 Å². The minimum atomic E-state index is 0.108.